The predicted octanol–water partition coefficient (Wildman–Crippen LogP) is 3.63. The SMILES string of the molecule is Cc1cc(N2CCc3cnccc32)c2ccccc2n1. The van der Waals surface area contributed by atoms with Crippen molar-refractivity contribution in [3.8, 4) is 0 Å². The Balaban J connectivity index is 1.96. The predicted molar refractivity (Wildman–Crippen MR) is 81.4 cm³/mol. The molecule has 0 spiro atoms. The molecule has 0 radical (unpaired) electrons. The maximum absolute atomic E-state index is 4.62. The van der Waals surface area contributed by atoms with E-state index in [2.05, 4.69) is 52.1 Å². The molecule has 3 nitrogen and oxygen atoms in total. The van der Waals surface area contributed by atoms with Crippen LogP contribution in [0.2, 0.25) is 0 Å². The number of fused-ring (bicyclic) bond motifs is 2. The summed E-state index contributed by atoms with van der Waals surface area (Å²) in [7, 11) is 0. The van der Waals surface area contributed by atoms with Crippen LogP contribution < -0.4 is 4.90 Å². The lowest BCUT2D eigenvalue weighted by Gasteiger charge is -2.21. The van der Waals surface area contributed by atoms with E-state index in [0.29, 0.717) is 0 Å². The van der Waals surface area contributed by atoms with Gasteiger partial charge in [-0.3, -0.25) is 9.97 Å². The monoisotopic (exact) mass is 261 g/mol. The topological polar surface area (TPSA) is 29.0 Å². The van der Waals surface area contributed by atoms with Gasteiger partial charge in [0.2, 0.25) is 0 Å². The Bertz CT molecular complexity index is 795. The van der Waals surface area contributed by atoms with Gasteiger partial charge in [0.05, 0.1) is 11.2 Å². The largest absolute Gasteiger partial charge is 0.340 e. The van der Waals surface area contributed by atoms with Crippen molar-refractivity contribution in [2.45, 2.75) is 13.3 Å². The number of nitrogens with zero attached hydrogens (tertiary/aromatic N) is 3. The lowest BCUT2D eigenvalue weighted by molar-refractivity contribution is 0.997. The van der Waals surface area contributed by atoms with Gasteiger partial charge in [0.1, 0.15) is 0 Å². The second kappa shape index (κ2) is 4.30. The molecule has 20 heavy (non-hydrogen) atoms. The maximum atomic E-state index is 4.62. The minimum absolute atomic E-state index is 1.01. The Morgan fingerprint density at radius 3 is 2.95 bits per heavy atom. The summed E-state index contributed by atoms with van der Waals surface area (Å²) in [6.07, 6.45) is 4.90. The lowest BCUT2D eigenvalue weighted by atomic mass is 10.1. The molecule has 1 aromatic carbocycles. The van der Waals surface area contributed by atoms with Crippen molar-refractivity contribution in [3.63, 3.8) is 0 Å². The Labute approximate surface area is 117 Å². The average molecular weight is 261 g/mol. The average Bonchev–Trinajstić information content (AvgIpc) is 2.90. The van der Waals surface area contributed by atoms with Gasteiger partial charge in [-0.05, 0) is 37.1 Å². The van der Waals surface area contributed by atoms with Crippen molar-refractivity contribution >= 4 is 22.3 Å². The zero-order valence-corrected chi connectivity index (χ0v) is 11.4. The standard InChI is InChI=1S/C17H15N3/c1-12-10-17(14-4-2-3-5-15(14)19-12)20-9-7-13-11-18-8-6-16(13)20/h2-6,8,10-11H,7,9H2,1H3. The van der Waals surface area contributed by atoms with Crippen molar-refractivity contribution in [2.24, 2.45) is 0 Å². The van der Waals surface area contributed by atoms with E-state index in [1.807, 2.05) is 18.5 Å². The van der Waals surface area contributed by atoms with Gasteiger partial charge in [0.25, 0.3) is 0 Å². The quantitative estimate of drug-likeness (QED) is 0.669. The van der Waals surface area contributed by atoms with Crippen LogP contribution >= 0.6 is 0 Å². The van der Waals surface area contributed by atoms with E-state index in [0.717, 1.165) is 24.2 Å². The molecule has 3 heterocycles. The van der Waals surface area contributed by atoms with Gasteiger partial charge in [-0.15, -0.1) is 0 Å². The molecule has 3 aromatic rings. The van der Waals surface area contributed by atoms with Crippen LogP contribution in [0.25, 0.3) is 10.9 Å². The molecule has 0 atom stereocenters. The zero-order chi connectivity index (χ0) is 13.5. The van der Waals surface area contributed by atoms with Crippen LogP contribution in [-0.4, -0.2) is 16.5 Å². The van der Waals surface area contributed by atoms with Crippen LogP contribution in [0, 0.1) is 6.92 Å². The first kappa shape index (κ1) is 11.4. The summed E-state index contributed by atoms with van der Waals surface area (Å²) in [5, 5.41) is 1.21. The van der Waals surface area contributed by atoms with E-state index in [9.17, 15) is 0 Å². The minimum Gasteiger partial charge on any atom is -0.340 e. The van der Waals surface area contributed by atoms with Crippen LogP contribution in [0.15, 0.2) is 48.8 Å². The zero-order valence-electron chi connectivity index (χ0n) is 11.4. The van der Waals surface area contributed by atoms with Crippen molar-refractivity contribution in [1.82, 2.24) is 9.97 Å². The van der Waals surface area contributed by atoms with Gasteiger partial charge in [-0.2, -0.15) is 0 Å². The third kappa shape index (κ3) is 1.67. The maximum Gasteiger partial charge on any atom is 0.0726 e. The first-order valence-corrected chi connectivity index (χ1v) is 6.90. The minimum atomic E-state index is 1.01. The fourth-order valence-corrected chi connectivity index (χ4v) is 2.99. The van der Waals surface area contributed by atoms with Gasteiger partial charge in [-0.25, -0.2) is 0 Å². The number of pyridine rings is 2. The summed E-state index contributed by atoms with van der Waals surface area (Å²) < 4.78 is 0. The van der Waals surface area contributed by atoms with Crippen molar-refractivity contribution in [3.05, 3.63) is 60.0 Å². The van der Waals surface area contributed by atoms with Gasteiger partial charge >= 0.3 is 0 Å². The number of benzene rings is 1. The Morgan fingerprint density at radius 1 is 1.10 bits per heavy atom. The molecule has 0 fully saturated rings. The van der Waals surface area contributed by atoms with Crippen molar-refractivity contribution < 1.29 is 0 Å². The van der Waals surface area contributed by atoms with Crippen LogP contribution in [0.5, 0.6) is 0 Å². The van der Waals surface area contributed by atoms with E-state index in [-0.39, 0.29) is 0 Å². The molecule has 2 aromatic heterocycles. The third-order valence-electron chi connectivity index (χ3n) is 3.89. The highest BCUT2D eigenvalue weighted by Crippen LogP contribution is 2.37. The summed E-state index contributed by atoms with van der Waals surface area (Å²) in [6.45, 7) is 3.06. The molecule has 0 amide bonds. The Kier molecular flexibility index (Phi) is 2.46. The first-order chi connectivity index (χ1) is 9.83. The normalized spacial score (nSPS) is 13.8. The highest BCUT2D eigenvalue weighted by molar-refractivity contribution is 5.94. The first-order valence-electron chi connectivity index (χ1n) is 6.90. The molecule has 3 heteroatoms. The second-order valence-electron chi connectivity index (χ2n) is 5.21. The van der Waals surface area contributed by atoms with Gasteiger partial charge in [-0.1, -0.05) is 18.2 Å². The van der Waals surface area contributed by atoms with E-state index in [4.69, 9.17) is 0 Å². The molecule has 98 valence electrons. The molecular weight excluding hydrogens is 246 g/mol. The van der Waals surface area contributed by atoms with E-state index in [1.54, 1.807) is 0 Å². The second-order valence-corrected chi connectivity index (χ2v) is 5.21. The molecular formula is C17H15N3. The lowest BCUT2D eigenvalue weighted by Crippen LogP contribution is -2.14. The number of rotatable bonds is 1. The fraction of sp³-hybridized carbons (Fsp3) is 0.176. The van der Waals surface area contributed by atoms with E-state index in [1.165, 1.54) is 22.3 Å². The molecule has 0 aliphatic carbocycles. The summed E-state index contributed by atoms with van der Waals surface area (Å²) in [6, 6.07) is 12.6. The molecule has 0 unspecified atom stereocenters. The molecule has 0 N–H and O–H groups in total. The third-order valence-corrected chi connectivity index (χ3v) is 3.89. The van der Waals surface area contributed by atoms with Crippen LogP contribution in [0.3, 0.4) is 0 Å². The van der Waals surface area contributed by atoms with Crippen LogP contribution in [-0.2, 0) is 6.42 Å². The summed E-state index contributed by atoms with van der Waals surface area (Å²) in [4.78, 5) is 11.2. The molecule has 4 rings (SSSR count). The molecule has 0 bridgehead atoms. The summed E-state index contributed by atoms with van der Waals surface area (Å²) in [5.74, 6) is 0. The van der Waals surface area contributed by atoms with Gasteiger partial charge in [0, 0.05) is 35.7 Å². The molecule has 1 aliphatic rings. The molecule has 0 saturated heterocycles. The van der Waals surface area contributed by atoms with Crippen molar-refractivity contribution in [2.75, 3.05) is 11.4 Å². The highest BCUT2D eigenvalue weighted by Gasteiger charge is 2.22. The number of para-hydroxylation sites is 1. The smallest absolute Gasteiger partial charge is 0.0726 e. The van der Waals surface area contributed by atoms with Crippen LogP contribution in [0.1, 0.15) is 11.3 Å². The number of aryl methyl sites for hydroxylation is 1. The number of hydrogen-bond donors (Lipinski definition) is 0. The Morgan fingerprint density at radius 2 is 2.00 bits per heavy atom. The molecule has 1 aliphatic heterocycles. The van der Waals surface area contributed by atoms with Crippen LogP contribution in [0.4, 0.5) is 11.4 Å². The number of aromatic nitrogens is 2. The van der Waals surface area contributed by atoms with E-state index < -0.39 is 0 Å². The van der Waals surface area contributed by atoms with E-state index >= 15 is 0 Å². The Hall–Kier alpha value is -2.42. The summed E-state index contributed by atoms with van der Waals surface area (Å²) in [5.41, 5.74) is 5.96. The summed E-state index contributed by atoms with van der Waals surface area (Å²) >= 11 is 0. The number of hydrogen-bond acceptors (Lipinski definition) is 3. The van der Waals surface area contributed by atoms with Gasteiger partial charge in [0.15, 0.2) is 0 Å². The van der Waals surface area contributed by atoms with Gasteiger partial charge < -0.3 is 4.90 Å². The highest BCUT2D eigenvalue weighted by atomic mass is 15.2. The van der Waals surface area contributed by atoms with Crippen molar-refractivity contribution in [1.29, 1.82) is 0 Å². The molecule has 0 saturated carbocycles. The fourth-order valence-electron chi connectivity index (χ4n) is 2.99. The number of anilines is 2.